The van der Waals surface area contributed by atoms with E-state index in [4.69, 9.17) is 0 Å². The summed E-state index contributed by atoms with van der Waals surface area (Å²) in [6, 6.07) is 86.7. The summed E-state index contributed by atoms with van der Waals surface area (Å²) in [5.74, 6) is 0. The predicted molar refractivity (Wildman–Crippen MR) is 278 cm³/mol. The van der Waals surface area contributed by atoms with E-state index in [0.717, 1.165) is 17.1 Å². The van der Waals surface area contributed by atoms with Gasteiger partial charge in [-0.1, -0.05) is 166 Å². The second-order valence-corrected chi connectivity index (χ2v) is 18.2. The minimum Gasteiger partial charge on any atom is -0.310 e. The highest BCUT2D eigenvalue weighted by molar-refractivity contribution is 6.11. The average Bonchev–Trinajstić information content (AvgIpc) is 3.97. The average molecular weight is 844 g/mol. The molecule has 0 N–H and O–H groups in total. The fourth-order valence-electron chi connectivity index (χ4n) is 10.9. The zero-order valence-corrected chi connectivity index (χ0v) is 36.9. The van der Waals surface area contributed by atoms with E-state index in [-0.39, 0.29) is 5.41 Å². The standard InChI is InChI=1S/C63H45N3/c1-63(2)57-40-49(34-37-51(57)52-38-35-50(41-58(52)63)66-60-23-13-9-19-53(60)54-20-10-14-24-61(54)66)64(46-15-5-3-6-16-46)48-32-29-43(30-33-48)42-25-27-44(28-26-42)45-31-36-56-55-21-11-12-22-59(55)65(62(56)39-45)47-17-7-4-8-18-47/h3-41H,1-2H3. The third kappa shape index (κ3) is 5.90. The lowest BCUT2D eigenvalue weighted by atomic mass is 9.82. The summed E-state index contributed by atoms with van der Waals surface area (Å²) in [7, 11) is 0. The lowest BCUT2D eigenvalue weighted by Crippen LogP contribution is -2.17. The molecule has 2 aromatic heterocycles. The number of hydrogen-bond acceptors (Lipinski definition) is 1. The molecule has 312 valence electrons. The molecule has 2 heterocycles. The highest BCUT2D eigenvalue weighted by Crippen LogP contribution is 2.52. The maximum absolute atomic E-state index is 2.43. The first-order valence-corrected chi connectivity index (χ1v) is 22.9. The van der Waals surface area contributed by atoms with E-state index in [1.807, 2.05) is 0 Å². The van der Waals surface area contributed by atoms with Gasteiger partial charge in [-0.15, -0.1) is 0 Å². The number of nitrogens with zero attached hydrogens (tertiary/aromatic N) is 3. The molecule has 0 fully saturated rings. The molecule has 1 aliphatic carbocycles. The molecule has 1 aliphatic rings. The lowest BCUT2D eigenvalue weighted by Gasteiger charge is -2.28. The first kappa shape index (κ1) is 38.1. The van der Waals surface area contributed by atoms with Crippen LogP contribution in [0.4, 0.5) is 17.1 Å². The largest absolute Gasteiger partial charge is 0.310 e. The molecule has 0 amide bonds. The number of fused-ring (bicyclic) bond motifs is 9. The summed E-state index contributed by atoms with van der Waals surface area (Å²) in [4.78, 5) is 2.39. The van der Waals surface area contributed by atoms with Crippen LogP contribution in [0.25, 0.3) is 88.4 Å². The Morgan fingerprint density at radius 3 is 1.33 bits per heavy atom. The Kier molecular flexibility index (Phi) is 8.56. The molecule has 12 aromatic rings. The topological polar surface area (TPSA) is 13.1 Å². The van der Waals surface area contributed by atoms with Crippen molar-refractivity contribution >= 4 is 60.7 Å². The SMILES string of the molecule is CC1(C)c2cc(N(c3ccccc3)c3ccc(-c4ccc(-c5ccc6c7ccccc7n(-c7ccccc7)c6c5)cc4)cc3)ccc2-c2ccc(-n3c4ccccc4c4ccccc43)cc21. The number of aromatic nitrogens is 2. The number of rotatable bonds is 7. The first-order chi connectivity index (χ1) is 32.5. The lowest BCUT2D eigenvalue weighted by molar-refractivity contribution is 0.660. The van der Waals surface area contributed by atoms with Crippen LogP contribution in [0.2, 0.25) is 0 Å². The van der Waals surface area contributed by atoms with Gasteiger partial charge >= 0.3 is 0 Å². The third-order valence-corrected chi connectivity index (χ3v) is 14.1. The van der Waals surface area contributed by atoms with E-state index in [1.54, 1.807) is 0 Å². The highest BCUT2D eigenvalue weighted by atomic mass is 15.1. The van der Waals surface area contributed by atoms with Crippen molar-refractivity contribution in [2.75, 3.05) is 4.90 Å². The van der Waals surface area contributed by atoms with E-state index >= 15 is 0 Å². The van der Waals surface area contributed by atoms with E-state index in [0.29, 0.717) is 0 Å². The van der Waals surface area contributed by atoms with E-state index < -0.39 is 0 Å². The van der Waals surface area contributed by atoms with Gasteiger partial charge in [0.05, 0.1) is 22.1 Å². The second-order valence-electron chi connectivity index (χ2n) is 18.2. The van der Waals surface area contributed by atoms with Crippen molar-refractivity contribution in [2.24, 2.45) is 0 Å². The van der Waals surface area contributed by atoms with Gasteiger partial charge in [0.2, 0.25) is 0 Å². The molecule has 0 spiro atoms. The van der Waals surface area contributed by atoms with Crippen LogP contribution in [0, 0.1) is 0 Å². The Bertz CT molecular complexity index is 3760. The predicted octanol–water partition coefficient (Wildman–Crippen LogP) is 17.0. The van der Waals surface area contributed by atoms with Crippen molar-refractivity contribution in [1.82, 2.24) is 9.13 Å². The molecule has 0 radical (unpaired) electrons. The zero-order chi connectivity index (χ0) is 43.9. The normalized spacial score (nSPS) is 12.8. The highest BCUT2D eigenvalue weighted by Gasteiger charge is 2.36. The zero-order valence-electron chi connectivity index (χ0n) is 36.9. The Morgan fingerprint density at radius 1 is 0.303 bits per heavy atom. The van der Waals surface area contributed by atoms with Crippen molar-refractivity contribution in [2.45, 2.75) is 19.3 Å². The molecule has 10 aromatic carbocycles. The number of benzene rings is 10. The Morgan fingerprint density at radius 2 is 0.727 bits per heavy atom. The summed E-state index contributed by atoms with van der Waals surface area (Å²) < 4.78 is 4.81. The van der Waals surface area contributed by atoms with Gasteiger partial charge in [-0.3, -0.25) is 0 Å². The molecule has 0 atom stereocenters. The van der Waals surface area contributed by atoms with Gasteiger partial charge in [0.15, 0.2) is 0 Å². The molecule has 0 bridgehead atoms. The fraction of sp³-hybridized carbons (Fsp3) is 0.0476. The van der Waals surface area contributed by atoms with Crippen LogP contribution in [-0.4, -0.2) is 9.13 Å². The quantitative estimate of drug-likeness (QED) is 0.156. The summed E-state index contributed by atoms with van der Waals surface area (Å²) in [6.07, 6.45) is 0. The Balaban J connectivity index is 0.826. The van der Waals surface area contributed by atoms with Gasteiger partial charge in [0, 0.05) is 55.4 Å². The van der Waals surface area contributed by atoms with Gasteiger partial charge in [0.25, 0.3) is 0 Å². The van der Waals surface area contributed by atoms with Crippen LogP contribution in [0.3, 0.4) is 0 Å². The number of anilines is 3. The van der Waals surface area contributed by atoms with Crippen LogP contribution in [0.15, 0.2) is 237 Å². The van der Waals surface area contributed by atoms with Gasteiger partial charge in [0.1, 0.15) is 0 Å². The molecular formula is C63H45N3. The van der Waals surface area contributed by atoms with Crippen molar-refractivity contribution < 1.29 is 0 Å². The van der Waals surface area contributed by atoms with Crippen LogP contribution in [0.5, 0.6) is 0 Å². The molecule has 0 saturated heterocycles. The summed E-state index contributed by atoms with van der Waals surface area (Å²) in [5.41, 5.74) is 20.5. The van der Waals surface area contributed by atoms with E-state index in [9.17, 15) is 0 Å². The van der Waals surface area contributed by atoms with E-state index in [1.165, 1.54) is 99.5 Å². The van der Waals surface area contributed by atoms with Crippen molar-refractivity contribution in [3.63, 3.8) is 0 Å². The third-order valence-electron chi connectivity index (χ3n) is 14.1. The molecule has 0 aliphatic heterocycles. The van der Waals surface area contributed by atoms with Gasteiger partial charge in [-0.2, -0.15) is 0 Å². The molecule has 3 nitrogen and oxygen atoms in total. The second kappa shape index (κ2) is 14.8. The first-order valence-electron chi connectivity index (χ1n) is 22.9. The molecule has 0 unspecified atom stereocenters. The van der Waals surface area contributed by atoms with Crippen molar-refractivity contribution in [3.05, 3.63) is 248 Å². The van der Waals surface area contributed by atoms with Gasteiger partial charge in [-0.25, -0.2) is 0 Å². The van der Waals surface area contributed by atoms with Crippen molar-refractivity contribution in [1.29, 1.82) is 0 Å². The molecule has 3 heteroatoms. The smallest absolute Gasteiger partial charge is 0.0547 e. The summed E-state index contributed by atoms with van der Waals surface area (Å²) >= 11 is 0. The number of hydrogen-bond donors (Lipinski definition) is 0. The summed E-state index contributed by atoms with van der Waals surface area (Å²) in [5, 5.41) is 5.09. The van der Waals surface area contributed by atoms with Gasteiger partial charge < -0.3 is 14.0 Å². The maximum Gasteiger partial charge on any atom is 0.0547 e. The van der Waals surface area contributed by atoms with Gasteiger partial charge in [-0.05, 0) is 129 Å². The molecule has 0 saturated carbocycles. The Labute approximate surface area is 384 Å². The molecule has 66 heavy (non-hydrogen) atoms. The maximum atomic E-state index is 2.43. The fourth-order valence-corrected chi connectivity index (χ4v) is 10.9. The summed E-state index contributed by atoms with van der Waals surface area (Å²) in [6.45, 7) is 4.76. The number of para-hydroxylation sites is 5. The van der Waals surface area contributed by atoms with E-state index in [2.05, 4.69) is 264 Å². The van der Waals surface area contributed by atoms with Crippen LogP contribution in [-0.2, 0) is 5.41 Å². The Hall–Kier alpha value is -8.40. The van der Waals surface area contributed by atoms with Crippen LogP contribution < -0.4 is 4.90 Å². The van der Waals surface area contributed by atoms with Crippen LogP contribution >= 0.6 is 0 Å². The molecular weight excluding hydrogens is 799 g/mol. The van der Waals surface area contributed by atoms with Crippen LogP contribution in [0.1, 0.15) is 25.0 Å². The van der Waals surface area contributed by atoms with Crippen molar-refractivity contribution in [3.8, 4) is 44.8 Å². The minimum atomic E-state index is -0.208. The molecule has 13 rings (SSSR count). The monoisotopic (exact) mass is 843 g/mol. The minimum absolute atomic E-state index is 0.208.